The molecule has 45 heavy (non-hydrogen) atoms. The maximum atomic E-state index is 12.9. The van der Waals surface area contributed by atoms with Crippen LogP contribution in [0.2, 0.25) is 0 Å². The number of hydrogen-bond acceptors (Lipinski definition) is 7. The second kappa shape index (κ2) is 15.7. The number of carbonyl (C=O) groups is 3. The fourth-order valence-electron chi connectivity index (χ4n) is 7.10. The lowest BCUT2D eigenvalue weighted by atomic mass is 9.55. The third kappa shape index (κ3) is 9.30. The van der Waals surface area contributed by atoms with E-state index in [1.807, 2.05) is 45.9 Å². The molecule has 9 heteroatoms. The van der Waals surface area contributed by atoms with E-state index < -0.39 is 36.2 Å². The molecule has 0 aromatic heterocycles. The maximum Gasteiger partial charge on any atom is 0.404 e. The number of methoxy groups -OCH3 is 1. The van der Waals surface area contributed by atoms with E-state index in [2.05, 4.69) is 42.6 Å². The lowest BCUT2D eigenvalue weighted by molar-refractivity contribution is -0.151. The zero-order chi connectivity index (χ0) is 33.5. The van der Waals surface area contributed by atoms with Crippen molar-refractivity contribution in [2.24, 2.45) is 40.7 Å². The molecule has 1 saturated carbocycles. The summed E-state index contributed by atoms with van der Waals surface area (Å²) in [5.74, 6) is -1.35. The third-order valence-electron chi connectivity index (χ3n) is 9.74. The first-order valence-corrected chi connectivity index (χ1v) is 15.9. The third-order valence-corrected chi connectivity index (χ3v) is 9.74. The van der Waals surface area contributed by atoms with Gasteiger partial charge in [0.15, 0.2) is 0 Å². The van der Waals surface area contributed by atoms with Gasteiger partial charge in [-0.3, -0.25) is 4.79 Å². The molecule has 1 heterocycles. The molecule has 248 valence electrons. The number of aliphatic hydroxyl groups is 1. The predicted molar refractivity (Wildman–Crippen MR) is 175 cm³/mol. The molecule has 11 atom stereocenters. The number of rotatable bonds is 6. The van der Waals surface area contributed by atoms with Crippen LogP contribution in [0.3, 0.4) is 0 Å². The number of aliphatic hydroxyl groups excluding tert-OH is 1. The van der Waals surface area contributed by atoms with Crippen molar-refractivity contribution in [3.05, 3.63) is 71.9 Å². The van der Waals surface area contributed by atoms with E-state index in [-0.39, 0.29) is 47.2 Å². The normalized spacial score (nSPS) is 34.2. The molecule has 2 aliphatic carbocycles. The zero-order valence-corrected chi connectivity index (χ0v) is 27.9. The van der Waals surface area contributed by atoms with E-state index >= 15 is 0 Å². The van der Waals surface area contributed by atoms with Crippen molar-refractivity contribution in [2.45, 2.75) is 91.8 Å². The molecule has 4 N–H and O–H groups in total. The average molecular weight is 625 g/mol. The highest BCUT2D eigenvalue weighted by Crippen LogP contribution is 2.53. The van der Waals surface area contributed by atoms with Crippen LogP contribution < -0.4 is 11.1 Å². The Hall–Kier alpha value is -3.43. The Kier molecular flexibility index (Phi) is 12.6. The Balaban J connectivity index is 2.05. The van der Waals surface area contributed by atoms with Gasteiger partial charge in [0, 0.05) is 50.2 Å². The molecular formula is C36H52N2O7. The Morgan fingerprint density at radius 1 is 1.11 bits per heavy atom. The van der Waals surface area contributed by atoms with Crippen molar-refractivity contribution in [1.82, 2.24) is 5.32 Å². The largest absolute Gasteiger partial charge is 0.458 e. The van der Waals surface area contributed by atoms with E-state index in [1.165, 1.54) is 13.0 Å². The first kappa shape index (κ1) is 36.0. The van der Waals surface area contributed by atoms with Crippen molar-refractivity contribution in [3.63, 3.8) is 0 Å². The second-order valence-electron chi connectivity index (χ2n) is 13.2. The summed E-state index contributed by atoms with van der Waals surface area (Å²) in [7, 11) is 1.69. The molecule has 0 bridgehead atoms. The van der Waals surface area contributed by atoms with E-state index in [0.717, 1.165) is 17.6 Å². The Morgan fingerprint density at radius 3 is 2.47 bits per heavy atom. The quantitative estimate of drug-likeness (QED) is 0.268. The summed E-state index contributed by atoms with van der Waals surface area (Å²) in [6, 6.07) is -0.521. The zero-order valence-electron chi connectivity index (χ0n) is 27.9. The van der Waals surface area contributed by atoms with E-state index in [1.54, 1.807) is 20.1 Å². The van der Waals surface area contributed by atoms with Crippen LogP contribution in [0, 0.1) is 35.0 Å². The van der Waals surface area contributed by atoms with Crippen molar-refractivity contribution >= 4 is 18.0 Å². The summed E-state index contributed by atoms with van der Waals surface area (Å²) >= 11 is 0. The number of carbonyl (C=O) groups excluding carboxylic acids is 3. The Labute approximate surface area is 268 Å². The smallest absolute Gasteiger partial charge is 0.404 e. The number of fused-ring (bicyclic) bond motifs is 3. The van der Waals surface area contributed by atoms with Crippen LogP contribution in [0.1, 0.15) is 61.3 Å². The number of nitrogens with one attached hydrogen (secondary N) is 1. The van der Waals surface area contributed by atoms with Gasteiger partial charge in [0.25, 0.3) is 0 Å². The number of primary amides is 1. The monoisotopic (exact) mass is 624 g/mol. The summed E-state index contributed by atoms with van der Waals surface area (Å²) in [6.07, 6.45) is 18.4. The number of amides is 2. The van der Waals surface area contributed by atoms with Crippen molar-refractivity contribution in [1.29, 1.82) is 0 Å². The number of hydrogen-bond donors (Lipinski definition) is 3. The first-order chi connectivity index (χ1) is 21.2. The van der Waals surface area contributed by atoms with Gasteiger partial charge in [-0.1, -0.05) is 86.6 Å². The lowest BCUT2D eigenvalue weighted by Gasteiger charge is -2.51. The molecule has 0 spiro atoms. The molecule has 2 amide bonds. The molecular weight excluding hydrogens is 572 g/mol. The number of allylic oxidation sites excluding steroid dienone is 9. The van der Waals surface area contributed by atoms with Gasteiger partial charge >= 0.3 is 12.1 Å². The molecule has 1 fully saturated rings. The maximum absolute atomic E-state index is 12.9. The van der Waals surface area contributed by atoms with Crippen LogP contribution in [-0.2, 0) is 23.8 Å². The van der Waals surface area contributed by atoms with Gasteiger partial charge in [-0.2, -0.15) is 0 Å². The molecule has 1 aliphatic heterocycles. The minimum absolute atomic E-state index is 0.0165. The van der Waals surface area contributed by atoms with E-state index in [9.17, 15) is 19.5 Å². The van der Waals surface area contributed by atoms with Gasteiger partial charge in [-0.15, -0.1) is 0 Å². The molecule has 0 unspecified atom stereocenters. The van der Waals surface area contributed by atoms with Crippen LogP contribution in [0.15, 0.2) is 71.9 Å². The van der Waals surface area contributed by atoms with Gasteiger partial charge in [0.2, 0.25) is 5.91 Å². The highest BCUT2D eigenvalue weighted by atomic mass is 16.6. The highest BCUT2D eigenvalue weighted by Gasteiger charge is 2.50. The van der Waals surface area contributed by atoms with Gasteiger partial charge in [-0.25, -0.2) is 9.59 Å². The molecule has 3 rings (SSSR count). The van der Waals surface area contributed by atoms with Gasteiger partial charge in [0.1, 0.15) is 12.2 Å². The van der Waals surface area contributed by atoms with Crippen LogP contribution in [0.25, 0.3) is 0 Å². The molecule has 0 radical (unpaired) electrons. The molecule has 3 aliphatic rings. The summed E-state index contributed by atoms with van der Waals surface area (Å²) < 4.78 is 17.3. The van der Waals surface area contributed by atoms with Crippen LogP contribution in [-0.4, -0.2) is 60.6 Å². The van der Waals surface area contributed by atoms with Gasteiger partial charge in [-0.05, 0) is 38.5 Å². The number of nitrogens with two attached hydrogens (primary N) is 1. The highest BCUT2D eigenvalue weighted by molar-refractivity contribution is 5.82. The van der Waals surface area contributed by atoms with Crippen molar-refractivity contribution in [2.75, 3.05) is 7.11 Å². The lowest BCUT2D eigenvalue weighted by Crippen LogP contribution is -2.50. The minimum Gasteiger partial charge on any atom is -0.458 e. The summed E-state index contributed by atoms with van der Waals surface area (Å²) in [6.45, 7) is 13.2. The van der Waals surface area contributed by atoms with E-state index in [0.29, 0.717) is 6.42 Å². The molecule has 0 aromatic carbocycles. The number of esters is 1. The first-order valence-electron chi connectivity index (χ1n) is 15.9. The standard InChI is InChI=1S/C36H52N2O7/c1-21-10-9-11-32(40)45-34(24(4)33(41)25(5)38-26(6)39)23(3)13-12-22(2)18-27-14-15-29-30(36(27,7)17-16-21)19-28(43-8)20-31(29)44-35(37)42/h9-18,23-25,27-31,33-34,41H,19-20H2,1-8H3,(H2,37,42)(H,38,39)/t23-,24-,25-,27-,28+,29-,30-,31+,33+,34-,36+/m1/s1. The second-order valence-corrected chi connectivity index (χ2v) is 13.2. The molecule has 0 aromatic rings. The molecule has 0 saturated heterocycles. The Bertz CT molecular complexity index is 1260. The van der Waals surface area contributed by atoms with Gasteiger partial charge < -0.3 is 30.4 Å². The SMILES string of the molecule is CO[C@@H]1C[C@H](OC(N)=O)[C@@H]2C=C[C@@H]3C=C(C)C=C[C@@H](C)[C@H]([C@H](C)[C@H](O)[C@@H](C)NC(C)=O)OC(=O)C=CC=C(C)C=C[C@]3(C)[C@@H]2C1. The van der Waals surface area contributed by atoms with Crippen LogP contribution >= 0.6 is 0 Å². The van der Waals surface area contributed by atoms with E-state index in [4.69, 9.17) is 19.9 Å². The van der Waals surface area contributed by atoms with Crippen molar-refractivity contribution in [3.8, 4) is 0 Å². The fourth-order valence-corrected chi connectivity index (χ4v) is 7.10. The summed E-state index contributed by atoms with van der Waals surface area (Å²) in [5.41, 5.74) is 7.09. The topological polar surface area (TPSA) is 137 Å². The van der Waals surface area contributed by atoms with Crippen LogP contribution in [0.4, 0.5) is 4.79 Å². The fraction of sp³-hybridized carbons (Fsp3) is 0.583. The molecule has 9 nitrogen and oxygen atoms in total. The van der Waals surface area contributed by atoms with Crippen LogP contribution in [0.5, 0.6) is 0 Å². The summed E-state index contributed by atoms with van der Waals surface area (Å²) in [5, 5.41) is 13.8. The van der Waals surface area contributed by atoms with Gasteiger partial charge in [0.05, 0.1) is 18.2 Å². The summed E-state index contributed by atoms with van der Waals surface area (Å²) in [4.78, 5) is 36.4. The van der Waals surface area contributed by atoms with Crippen molar-refractivity contribution < 1.29 is 33.7 Å². The Morgan fingerprint density at radius 2 is 1.82 bits per heavy atom. The number of ether oxygens (including phenoxy) is 3. The average Bonchev–Trinajstić information content (AvgIpc) is 2.97. The predicted octanol–water partition coefficient (Wildman–Crippen LogP) is 5.33. The minimum atomic E-state index is -0.934. The number of cyclic esters (lactones) is 1.